The Morgan fingerprint density at radius 3 is 2.29 bits per heavy atom. The molecule has 116 valence electrons. The maximum Gasteiger partial charge on any atom is 0.406 e. The summed E-state index contributed by atoms with van der Waals surface area (Å²) in [6.07, 6.45) is 2.93. The van der Waals surface area contributed by atoms with Gasteiger partial charge in [0.2, 0.25) is 0 Å². The van der Waals surface area contributed by atoms with Gasteiger partial charge in [-0.2, -0.15) is 13.2 Å². The van der Waals surface area contributed by atoms with Crippen LogP contribution >= 0.6 is 0 Å². The minimum absolute atomic E-state index is 0.0596. The Kier molecular flexibility index (Phi) is 3.84. The second-order valence-corrected chi connectivity index (χ2v) is 7.76. The first-order chi connectivity index (χ1) is 9.94. The quantitative estimate of drug-likeness (QED) is 0.830. The van der Waals surface area contributed by atoms with Gasteiger partial charge in [0.05, 0.1) is 10.8 Å². The van der Waals surface area contributed by atoms with Crippen molar-refractivity contribution >= 4 is 10.8 Å². The fourth-order valence-electron chi connectivity index (χ4n) is 3.07. The molecule has 0 spiro atoms. The van der Waals surface area contributed by atoms with Gasteiger partial charge in [-0.15, -0.1) is 0 Å². The highest BCUT2D eigenvalue weighted by Crippen LogP contribution is 2.55. The molecule has 21 heavy (non-hydrogen) atoms. The molecule has 2 aliphatic carbocycles. The molecule has 2 nitrogen and oxygen atoms in total. The fourth-order valence-corrected chi connectivity index (χ4v) is 4.49. The number of nitrogens with zero attached hydrogens (tertiary/aromatic N) is 1. The van der Waals surface area contributed by atoms with Crippen LogP contribution in [0.4, 0.5) is 13.2 Å². The number of halogens is 3. The van der Waals surface area contributed by atoms with Crippen molar-refractivity contribution in [1.82, 2.24) is 4.98 Å². The maximum atomic E-state index is 13.0. The molecule has 0 bridgehead atoms. The summed E-state index contributed by atoms with van der Waals surface area (Å²) in [6.45, 7) is 0. The molecular formula is C15H18F3NOS. The van der Waals surface area contributed by atoms with Gasteiger partial charge in [-0.05, 0) is 43.2 Å². The van der Waals surface area contributed by atoms with E-state index in [1.165, 1.54) is 25.3 Å². The summed E-state index contributed by atoms with van der Waals surface area (Å²) in [5, 5.41) is 0.0596. The molecular weight excluding hydrogens is 299 g/mol. The molecule has 0 N–H and O–H groups in total. The van der Waals surface area contributed by atoms with Crippen LogP contribution in [0.1, 0.15) is 56.4 Å². The second-order valence-electron chi connectivity index (χ2n) is 6.03. The Labute approximate surface area is 124 Å². The average Bonchev–Trinajstić information content (AvgIpc) is 3.29. The predicted molar refractivity (Wildman–Crippen MR) is 74.5 cm³/mol. The van der Waals surface area contributed by atoms with Gasteiger partial charge in [0.25, 0.3) is 0 Å². The van der Waals surface area contributed by atoms with Gasteiger partial charge >= 0.3 is 6.18 Å². The number of rotatable bonds is 3. The van der Waals surface area contributed by atoms with E-state index in [0.29, 0.717) is 5.92 Å². The van der Waals surface area contributed by atoms with Crippen molar-refractivity contribution in [3.05, 3.63) is 23.9 Å². The van der Waals surface area contributed by atoms with E-state index in [-0.39, 0.29) is 17.9 Å². The van der Waals surface area contributed by atoms with Crippen molar-refractivity contribution in [1.29, 1.82) is 0 Å². The first kappa shape index (κ1) is 15.0. The first-order valence-corrected chi connectivity index (χ1v) is 8.54. The summed E-state index contributed by atoms with van der Waals surface area (Å²) in [5.74, 6) is 0.450. The molecule has 1 aromatic rings. The van der Waals surface area contributed by atoms with Gasteiger partial charge in [0, 0.05) is 6.20 Å². The van der Waals surface area contributed by atoms with Crippen molar-refractivity contribution in [2.24, 2.45) is 0 Å². The minimum Gasteiger partial charge on any atom is -0.252 e. The molecule has 2 aliphatic rings. The third-order valence-electron chi connectivity index (χ3n) is 4.60. The molecule has 1 heterocycles. The van der Waals surface area contributed by atoms with Gasteiger partial charge < -0.3 is 0 Å². The molecule has 0 radical (unpaired) electrons. The van der Waals surface area contributed by atoms with E-state index in [9.17, 15) is 17.4 Å². The van der Waals surface area contributed by atoms with Crippen LogP contribution in [0.3, 0.4) is 0 Å². The standard InChI is InChI=1S/C15H18F3NOS/c16-15(17,18)14(8-9-14)21(20)13-7-6-12(10-19-13)11-4-2-1-3-5-11/h6-7,10-11H,1-5,8-9H2. The molecule has 1 atom stereocenters. The average molecular weight is 317 g/mol. The Morgan fingerprint density at radius 2 is 1.81 bits per heavy atom. The molecule has 6 heteroatoms. The van der Waals surface area contributed by atoms with Crippen molar-refractivity contribution < 1.29 is 17.4 Å². The van der Waals surface area contributed by atoms with Crippen LogP contribution in [0.2, 0.25) is 0 Å². The van der Waals surface area contributed by atoms with E-state index in [0.717, 1.165) is 18.4 Å². The topological polar surface area (TPSA) is 30.0 Å². The van der Waals surface area contributed by atoms with Crippen LogP contribution in [0.25, 0.3) is 0 Å². The molecule has 3 rings (SSSR count). The smallest absolute Gasteiger partial charge is 0.252 e. The summed E-state index contributed by atoms with van der Waals surface area (Å²) < 4.78 is 49.1. The maximum absolute atomic E-state index is 13.0. The highest BCUT2D eigenvalue weighted by molar-refractivity contribution is 7.86. The lowest BCUT2D eigenvalue weighted by molar-refractivity contribution is -0.136. The van der Waals surface area contributed by atoms with E-state index < -0.39 is 21.7 Å². The lowest BCUT2D eigenvalue weighted by Crippen LogP contribution is -2.35. The summed E-state index contributed by atoms with van der Waals surface area (Å²) in [4.78, 5) is 4.07. The van der Waals surface area contributed by atoms with Crippen LogP contribution in [0, 0.1) is 0 Å². The largest absolute Gasteiger partial charge is 0.406 e. The van der Waals surface area contributed by atoms with E-state index in [2.05, 4.69) is 4.98 Å². The molecule has 1 aromatic heterocycles. The van der Waals surface area contributed by atoms with Crippen molar-refractivity contribution in [3.63, 3.8) is 0 Å². The van der Waals surface area contributed by atoms with Crippen LogP contribution in [0.15, 0.2) is 23.4 Å². The van der Waals surface area contributed by atoms with Crippen molar-refractivity contribution in [2.75, 3.05) is 0 Å². The van der Waals surface area contributed by atoms with Crippen LogP contribution in [-0.2, 0) is 10.8 Å². The summed E-state index contributed by atoms with van der Waals surface area (Å²) >= 11 is 0. The van der Waals surface area contributed by atoms with Gasteiger partial charge in [0.15, 0.2) is 0 Å². The SMILES string of the molecule is O=S(c1ccc(C2CCCCC2)cn1)C1(C(F)(F)F)CC1. The number of aromatic nitrogens is 1. The zero-order valence-electron chi connectivity index (χ0n) is 11.7. The molecule has 0 amide bonds. The molecule has 0 aromatic carbocycles. The number of hydrogen-bond acceptors (Lipinski definition) is 2. The van der Waals surface area contributed by atoms with Gasteiger partial charge in [-0.3, -0.25) is 4.21 Å². The van der Waals surface area contributed by atoms with Gasteiger partial charge in [-0.25, -0.2) is 4.98 Å². The summed E-state index contributed by atoms with van der Waals surface area (Å²) in [5.41, 5.74) is 1.06. The normalized spacial score (nSPS) is 23.8. The monoisotopic (exact) mass is 317 g/mol. The summed E-state index contributed by atoms with van der Waals surface area (Å²) in [6, 6.07) is 3.33. The van der Waals surface area contributed by atoms with E-state index in [4.69, 9.17) is 0 Å². The van der Waals surface area contributed by atoms with Crippen molar-refractivity contribution in [3.8, 4) is 0 Å². The van der Waals surface area contributed by atoms with Gasteiger partial charge in [0.1, 0.15) is 9.77 Å². The Hall–Kier alpha value is -0.910. The highest BCUT2D eigenvalue weighted by Gasteiger charge is 2.68. The van der Waals surface area contributed by atoms with E-state index in [1.54, 1.807) is 6.20 Å². The molecule has 1 unspecified atom stereocenters. The van der Waals surface area contributed by atoms with Crippen LogP contribution < -0.4 is 0 Å². The molecule has 2 fully saturated rings. The lowest BCUT2D eigenvalue weighted by atomic mass is 9.85. The van der Waals surface area contributed by atoms with Crippen LogP contribution in [0.5, 0.6) is 0 Å². The molecule has 2 saturated carbocycles. The minimum atomic E-state index is -4.42. The Bertz CT molecular complexity index is 531. The Balaban J connectivity index is 1.77. The van der Waals surface area contributed by atoms with E-state index in [1.807, 2.05) is 6.07 Å². The third-order valence-corrected chi connectivity index (χ3v) is 6.57. The second kappa shape index (κ2) is 5.38. The predicted octanol–water partition coefficient (Wildman–Crippen LogP) is 4.33. The van der Waals surface area contributed by atoms with Crippen molar-refractivity contribution in [2.45, 2.75) is 66.8 Å². The lowest BCUT2D eigenvalue weighted by Gasteiger charge is -2.22. The number of hydrogen-bond donors (Lipinski definition) is 0. The first-order valence-electron chi connectivity index (χ1n) is 7.39. The zero-order chi connectivity index (χ0) is 15.1. The fraction of sp³-hybridized carbons (Fsp3) is 0.667. The summed E-state index contributed by atoms with van der Waals surface area (Å²) in [7, 11) is -2.10. The molecule has 0 aliphatic heterocycles. The van der Waals surface area contributed by atoms with Crippen LogP contribution in [-0.4, -0.2) is 20.1 Å². The number of alkyl halides is 3. The zero-order valence-corrected chi connectivity index (χ0v) is 12.5. The third kappa shape index (κ3) is 2.74. The van der Waals surface area contributed by atoms with Gasteiger partial charge in [-0.1, -0.05) is 25.3 Å². The van der Waals surface area contributed by atoms with E-state index >= 15 is 0 Å². The highest BCUT2D eigenvalue weighted by atomic mass is 32.2. The number of pyridine rings is 1. The molecule has 0 saturated heterocycles. The Morgan fingerprint density at radius 1 is 1.14 bits per heavy atom.